The van der Waals surface area contributed by atoms with Gasteiger partial charge in [-0.3, -0.25) is 4.90 Å². The predicted octanol–water partition coefficient (Wildman–Crippen LogP) is 5.37. The van der Waals surface area contributed by atoms with E-state index >= 15 is 0 Å². The smallest absolute Gasteiger partial charge is 0.414 e. The van der Waals surface area contributed by atoms with Crippen LogP contribution >= 0.6 is 31.9 Å². The molecule has 5 heteroatoms. The first-order chi connectivity index (χ1) is 9.33. The van der Waals surface area contributed by atoms with Gasteiger partial charge in [0.05, 0.1) is 0 Å². The molecular weight excluding hydrogens is 386 g/mol. The predicted molar refractivity (Wildman–Crippen MR) is 90.8 cm³/mol. The van der Waals surface area contributed by atoms with E-state index in [0.717, 1.165) is 28.3 Å². The number of alkyl halides is 1. The molecule has 20 heavy (non-hydrogen) atoms. The molecule has 1 aromatic rings. The Labute approximate surface area is 137 Å². The number of nitrogens with zero attached hydrogens (tertiary/aromatic N) is 1. The number of ether oxygens (including phenoxy) is 1. The fourth-order valence-corrected chi connectivity index (χ4v) is 2.29. The molecule has 0 saturated carbocycles. The summed E-state index contributed by atoms with van der Waals surface area (Å²) >= 11 is 6.81. The largest absolute Gasteiger partial charge is 0.443 e. The van der Waals surface area contributed by atoms with Crippen LogP contribution in [0.1, 0.15) is 33.6 Å². The summed E-state index contributed by atoms with van der Waals surface area (Å²) in [5.41, 5.74) is 0.372. The first-order valence-corrected chi connectivity index (χ1v) is 8.57. The number of halogens is 2. The highest BCUT2D eigenvalue weighted by molar-refractivity contribution is 9.10. The van der Waals surface area contributed by atoms with Crippen molar-refractivity contribution in [2.75, 3.05) is 16.8 Å². The molecule has 0 aliphatic heterocycles. The van der Waals surface area contributed by atoms with Gasteiger partial charge in [0.15, 0.2) is 0 Å². The number of rotatable bonds is 5. The number of carbonyl (C=O) groups is 1. The van der Waals surface area contributed by atoms with E-state index in [1.165, 1.54) is 0 Å². The van der Waals surface area contributed by atoms with Gasteiger partial charge in [0.2, 0.25) is 0 Å². The Bertz CT molecular complexity index is 426. The highest BCUT2D eigenvalue weighted by atomic mass is 79.9. The van der Waals surface area contributed by atoms with Crippen molar-refractivity contribution in [3.8, 4) is 0 Å². The van der Waals surface area contributed by atoms with Gasteiger partial charge in [0.25, 0.3) is 0 Å². The van der Waals surface area contributed by atoms with Crippen LogP contribution < -0.4 is 4.90 Å². The number of hydrogen-bond donors (Lipinski definition) is 0. The molecule has 112 valence electrons. The second kappa shape index (κ2) is 8.03. The lowest BCUT2D eigenvalue weighted by Crippen LogP contribution is -2.37. The Kier molecular flexibility index (Phi) is 7.03. The van der Waals surface area contributed by atoms with Gasteiger partial charge < -0.3 is 4.74 Å². The Morgan fingerprint density at radius 2 is 1.80 bits per heavy atom. The maximum Gasteiger partial charge on any atom is 0.414 e. The molecule has 0 radical (unpaired) electrons. The molecule has 0 saturated heterocycles. The zero-order valence-electron chi connectivity index (χ0n) is 12.2. The summed E-state index contributed by atoms with van der Waals surface area (Å²) in [6.07, 6.45) is 1.66. The summed E-state index contributed by atoms with van der Waals surface area (Å²) in [6, 6.07) is 7.69. The third kappa shape index (κ3) is 6.27. The molecule has 0 aliphatic rings. The quantitative estimate of drug-likeness (QED) is 0.486. The van der Waals surface area contributed by atoms with Crippen LogP contribution in [0.4, 0.5) is 10.5 Å². The molecule has 0 unspecified atom stereocenters. The topological polar surface area (TPSA) is 29.5 Å². The van der Waals surface area contributed by atoms with E-state index in [4.69, 9.17) is 4.74 Å². The van der Waals surface area contributed by atoms with E-state index in [1.807, 2.05) is 45.0 Å². The number of carbonyl (C=O) groups excluding carboxylic acids is 1. The van der Waals surface area contributed by atoms with E-state index in [9.17, 15) is 4.79 Å². The molecule has 0 atom stereocenters. The Balaban J connectivity index is 2.84. The van der Waals surface area contributed by atoms with Gasteiger partial charge in [-0.05, 0) is 57.9 Å². The Hall–Kier alpha value is -0.550. The fourth-order valence-electron chi connectivity index (χ4n) is 1.63. The van der Waals surface area contributed by atoms with Crippen LogP contribution in [0.25, 0.3) is 0 Å². The average molecular weight is 407 g/mol. The average Bonchev–Trinajstić information content (AvgIpc) is 2.34. The zero-order valence-corrected chi connectivity index (χ0v) is 15.3. The molecule has 1 aromatic carbocycles. The number of hydrogen-bond acceptors (Lipinski definition) is 2. The summed E-state index contributed by atoms with van der Waals surface area (Å²) in [7, 11) is 0. The lowest BCUT2D eigenvalue weighted by Gasteiger charge is -2.27. The molecule has 0 bridgehead atoms. The van der Waals surface area contributed by atoms with Gasteiger partial charge >= 0.3 is 6.09 Å². The summed E-state index contributed by atoms with van der Waals surface area (Å²) < 4.78 is 6.47. The first kappa shape index (κ1) is 17.5. The number of amides is 1. The van der Waals surface area contributed by atoms with Gasteiger partial charge in [-0.1, -0.05) is 31.9 Å². The zero-order chi connectivity index (χ0) is 15.2. The van der Waals surface area contributed by atoms with E-state index in [-0.39, 0.29) is 6.09 Å². The Morgan fingerprint density at radius 3 is 2.30 bits per heavy atom. The maximum atomic E-state index is 12.3. The second-order valence-corrected chi connectivity index (χ2v) is 7.21. The van der Waals surface area contributed by atoms with Crippen molar-refractivity contribution in [1.29, 1.82) is 0 Å². The maximum absolute atomic E-state index is 12.3. The van der Waals surface area contributed by atoms with Crippen LogP contribution in [-0.4, -0.2) is 23.6 Å². The normalized spacial score (nSPS) is 11.2. The highest BCUT2D eigenvalue weighted by Gasteiger charge is 2.23. The minimum absolute atomic E-state index is 0.297. The van der Waals surface area contributed by atoms with Gasteiger partial charge in [-0.25, -0.2) is 4.79 Å². The molecular formula is C15H21Br2NO2. The van der Waals surface area contributed by atoms with Crippen molar-refractivity contribution in [3.05, 3.63) is 28.7 Å². The van der Waals surface area contributed by atoms with Crippen molar-refractivity contribution >= 4 is 43.6 Å². The van der Waals surface area contributed by atoms with Gasteiger partial charge in [0.1, 0.15) is 5.60 Å². The SMILES string of the molecule is CC(C)(C)OC(=O)N(CCCCBr)c1ccc(Br)cc1. The molecule has 0 N–H and O–H groups in total. The van der Waals surface area contributed by atoms with Gasteiger partial charge in [0, 0.05) is 22.0 Å². The van der Waals surface area contributed by atoms with Crippen molar-refractivity contribution in [1.82, 2.24) is 0 Å². The fraction of sp³-hybridized carbons (Fsp3) is 0.533. The van der Waals surface area contributed by atoms with Crippen LogP contribution in [0, 0.1) is 0 Å². The molecule has 0 aromatic heterocycles. The molecule has 3 nitrogen and oxygen atoms in total. The number of benzene rings is 1. The van der Waals surface area contributed by atoms with Crippen LogP contribution in [0.2, 0.25) is 0 Å². The lowest BCUT2D eigenvalue weighted by atomic mass is 10.2. The number of unbranched alkanes of at least 4 members (excludes halogenated alkanes) is 1. The molecule has 0 aliphatic carbocycles. The van der Waals surface area contributed by atoms with E-state index in [1.54, 1.807) is 4.90 Å². The molecule has 0 spiro atoms. The van der Waals surface area contributed by atoms with E-state index < -0.39 is 5.60 Å². The monoisotopic (exact) mass is 405 g/mol. The highest BCUT2D eigenvalue weighted by Crippen LogP contribution is 2.21. The van der Waals surface area contributed by atoms with Crippen LogP contribution in [0.5, 0.6) is 0 Å². The number of anilines is 1. The molecule has 1 amide bonds. The summed E-state index contributed by atoms with van der Waals surface area (Å²) in [4.78, 5) is 14.0. The minimum atomic E-state index is -0.486. The summed E-state index contributed by atoms with van der Waals surface area (Å²) in [5.74, 6) is 0. The third-order valence-electron chi connectivity index (χ3n) is 2.52. The van der Waals surface area contributed by atoms with Gasteiger partial charge in [-0.2, -0.15) is 0 Å². The second-order valence-electron chi connectivity index (χ2n) is 5.50. The van der Waals surface area contributed by atoms with Crippen LogP contribution in [0.15, 0.2) is 28.7 Å². The summed E-state index contributed by atoms with van der Waals surface area (Å²) in [5, 5.41) is 0.940. The van der Waals surface area contributed by atoms with Crippen molar-refractivity contribution < 1.29 is 9.53 Å². The third-order valence-corrected chi connectivity index (χ3v) is 3.61. The van der Waals surface area contributed by atoms with Crippen LogP contribution in [0.3, 0.4) is 0 Å². The van der Waals surface area contributed by atoms with Crippen molar-refractivity contribution in [2.24, 2.45) is 0 Å². The Morgan fingerprint density at radius 1 is 1.20 bits per heavy atom. The van der Waals surface area contributed by atoms with E-state index in [2.05, 4.69) is 31.9 Å². The van der Waals surface area contributed by atoms with Gasteiger partial charge in [-0.15, -0.1) is 0 Å². The minimum Gasteiger partial charge on any atom is -0.443 e. The van der Waals surface area contributed by atoms with E-state index in [0.29, 0.717) is 6.54 Å². The molecule has 1 rings (SSSR count). The van der Waals surface area contributed by atoms with Crippen LogP contribution in [-0.2, 0) is 4.74 Å². The van der Waals surface area contributed by atoms with Crippen molar-refractivity contribution in [3.63, 3.8) is 0 Å². The van der Waals surface area contributed by atoms with Crippen molar-refractivity contribution in [2.45, 2.75) is 39.2 Å². The lowest BCUT2D eigenvalue weighted by molar-refractivity contribution is 0.0580. The molecule has 0 heterocycles. The first-order valence-electron chi connectivity index (χ1n) is 6.65. The summed E-state index contributed by atoms with van der Waals surface area (Å²) in [6.45, 7) is 6.29. The molecule has 0 fully saturated rings. The standard InChI is InChI=1S/C15H21Br2NO2/c1-15(2,3)20-14(19)18(11-5-4-10-16)13-8-6-12(17)7-9-13/h6-9H,4-5,10-11H2,1-3H3.